The fourth-order valence-corrected chi connectivity index (χ4v) is 5.15. The number of nitrogens with zero attached hydrogens (tertiary/aromatic N) is 1. The highest BCUT2D eigenvalue weighted by Gasteiger charge is 2.38. The molecule has 5 nitrogen and oxygen atoms in total. The molecule has 2 heterocycles. The summed E-state index contributed by atoms with van der Waals surface area (Å²) in [5.74, 6) is 0.799. The van der Waals surface area contributed by atoms with Gasteiger partial charge < -0.3 is 25.2 Å². The molecule has 1 unspecified atom stereocenters. The number of benzene rings is 3. The fraction of sp³-hybridized carbons (Fsp3) is 0.407. The zero-order valence-electron chi connectivity index (χ0n) is 18.5. The van der Waals surface area contributed by atoms with Crippen LogP contribution in [0.1, 0.15) is 19.3 Å². The Morgan fingerprint density at radius 2 is 1.81 bits per heavy atom. The van der Waals surface area contributed by atoms with Gasteiger partial charge in [-0.3, -0.25) is 0 Å². The lowest BCUT2D eigenvalue weighted by molar-refractivity contribution is 0.0321. The second kappa shape index (κ2) is 9.10. The van der Waals surface area contributed by atoms with E-state index in [0.717, 1.165) is 72.5 Å². The molecule has 2 fully saturated rings. The highest BCUT2D eigenvalue weighted by atomic mass is 16.5. The summed E-state index contributed by atoms with van der Waals surface area (Å²) in [6.07, 6.45) is 3.00. The van der Waals surface area contributed by atoms with Gasteiger partial charge >= 0.3 is 0 Å². The van der Waals surface area contributed by atoms with Crippen molar-refractivity contribution in [1.82, 2.24) is 4.90 Å². The van der Waals surface area contributed by atoms with E-state index >= 15 is 0 Å². The molecule has 168 valence electrons. The van der Waals surface area contributed by atoms with Gasteiger partial charge in [-0.15, -0.1) is 0 Å². The van der Waals surface area contributed by atoms with Crippen molar-refractivity contribution >= 4 is 16.5 Å². The van der Waals surface area contributed by atoms with Crippen molar-refractivity contribution < 1.29 is 14.6 Å². The molecule has 5 heteroatoms. The summed E-state index contributed by atoms with van der Waals surface area (Å²) >= 11 is 0. The molecule has 3 N–H and O–H groups in total. The summed E-state index contributed by atoms with van der Waals surface area (Å²) < 4.78 is 11.7. The molecule has 0 radical (unpaired) electrons. The van der Waals surface area contributed by atoms with Crippen molar-refractivity contribution in [3.8, 4) is 16.9 Å². The Hall–Kier alpha value is -2.60. The van der Waals surface area contributed by atoms with Crippen LogP contribution in [-0.2, 0) is 4.74 Å². The molecular weight excluding hydrogens is 400 g/mol. The maximum Gasteiger partial charge on any atom is 0.127 e. The van der Waals surface area contributed by atoms with E-state index in [9.17, 15) is 5.11 Å². The number of nitrogen functional groups attached to an aromatic ring is 1. The van der Waals surface area contributed by atoms with Gasteiger partial charge in [0.2, 0.25) is 0 Å². The molecule has 3 aromatic carbocycles. The zero-order valence-corrected chi connectivity index (χ0v) is 18.5. The van der Waals surface area contributed by atoms with E-state index in [0.29, 0.717) is 12.0 Å². The quantitative estimate of drug-likeness (QED) is 0.568. The predicted molar refractivity (Wildman–Crippen MR) is 129 cm³/mol. The Kier molecular flexibility index (Phi) is 6.05. The summed E-state index contributed by atoms with van der Waals surface area (Å²) in [4.78, 5) is 2.36. The first-order valence-electron chi connectivity index (χ1n) is 11.6. The van der Waals surface area contributed by atoms with Crippen molar-refractivity contribution in [2.75, 3.05) is 45.2 Å². The van der Waals surface area contributed by atoms with Crippen LogP contribution >= 0.6 is 0 Å². The number of likely N-dealkylation sites (tertiary alicyclic amines) is 1. The van der Waals surface area contributed by atoms with Crippen LogP contribution in [0.2, 0.25) is 0 Å². The fourth-order valence-electron chi connectivity index (χ4n) is 5.15. The molecule has 3 aromatic rings. The Morgan fingerprint density at radius 3 is 2.56 bits per heavy atom. The van der Waals surface area contributed by atoms with Gasteiger partial charge in [-0.1, -0.05) is 42.5 Å². The minimum absolute atomic E-state index is 0.284. The third kappa shape index (κ3) is 4.46. The molecule has 0 bridgehead atoms. The van der Waals surface area contributed by atoms with Crippen molar-refractivity contribution in [1.29, 1.82) is 0 Å². The summed E-state index contributed by atoms with van der Waals surface area (Å²) in [6, 6.07) is 20.2. The van der Waals surface area contributed by atoms with Gasteiger partial charge in [0, 0.05) is 24.2 Å². The summed E-state index contributed by atoms with van der Waals surface area (Å²) in [7, 11) is 0. The minimum Gasteiger partial charge on any atom is -0.490 e. The van der Waals surface area contributed by atoms with Crippen molar-refractivity contribution in [3.05, 3.63) is 60.7 Å². The standard InChI is InChI=1S/C27H32N2O3/c28-21-5-3-4-20(16-21)23-8-9-26(25-7-2-1-6-24(23)25)32-18-22(30)17-29-13-10-27(11-14-29)12-15-31-19-27/h1-9,16,22,30H,10-15,17-19,28H2. The van der Waals surface area contributed by atoms with Gasteiger partial charge in [0.1, 0.15) is 18.5 Å². The Labute approximate surface area is 189 Å². The summed E-state index contributed by atoms with van der Waals surface area (Å²) in [6.45, 7) is 4.80. The lowest BCUT2D eigenvalue weighted by Crippen LogP contribution is -2.44. The maximum atomic E-state index is 10.6. The number of aliphatic hydroxyl groups excluding tert-OH is 1. The molecule has 0 aromatic heterocycles. The molecule has 5 rings (SSSR count). The smallest absolute Gasteiger partial charge is 0.127 e. The molecule has 2 aliphatic rings. The van der Waals surface area contributed by atoms with Crippen LogP contribution in [0.15, 0.2) is 60.7 Å². The van der Waals surface area contributed by atoms with E-state index in [2.05, 4.69) is 29.2 Å². The van der Waals surface area contributed by atoms with Crippen molar-refractivity contribution in [2.45, 2.75) is 25.4 Å². The molecule has 1 spiro atoms. The van der Waals surface area contributed by atoms with E-state index in [1.807, 2.05) is 36.4 Å². The number of hydrogen-bond donors (Lipinski definition) is 2. The molecule has 0 amide bonds. The van der Waals surface area contributed by atoms with E-state index in [4.69, 9.17) is 15.2 Å². The predicted octanol–water partition coefficient (Wildman–Crippen LogP) is 4.33. The van der Waals surface area contributed by atoms with E-state index < -0.39 is 6.10 Å². The van der Waals surface area contributed by atoms with Gasteiger partial charge in [-0.05, 0) is 72.5 Å². The maximum absolute atomic E-state index is 10.6. The minimum atomic E-state index is -0.517. The number of nitrogens with two attached hydrogens (primary N) is 1. The van der Waals surface area contributed by atoms with E-state index in [1.165, 1.54) is 6.42 Å². The van der Waals surface area contributed by atoms with Gasteiger partial charge in [-0.2, -0.15) is 0 Å². The SMILES string of the molecule is Nc1cccc(-c2ccc(OCC(O)CN3CCC4(CCOC4)CC3)c3ccccc23)c1. The van der Waals surface area contributed by atoms with Crippen LogP contribution < -0.4 is 10.5 Å². The van der Waals surface area contributed by atoms with Crippen molar-refractivity contribution in [3.63, 3.8) is 0 Å². The third-order valence-electron chi connectivity index (χ3n) is 7.08. The molecule has 32 heavy (non-hydrogen) atoms. The highest BCUT2D eigenvalue weighted by Crippen LogP contribution is 2.39. The average Bonchev–Trinajstić information content (AvgIpc) is 3.27. The second-order valence-corrected chi connectivity index (χ2v) is 9.35. The molecular formula is C27H32N2O3. The van der Waals surface area contributed by atoms with Crippen LogP contribution in [0.25, 0.3) is 21.9 Å². The third-order valence-corrected chi connectivity index (χ3v) is 7.08. The first-order valence-corrected chi connectivity index (χ1v) is 11.6. The molecule has 0 saturated carbocycles. The Bertz CT molecular complexity index is 1070. The number of anilines is 1. The number of hydrogen-bond acceptors (Lipinski definition) is 5. The van der Waals surface area contributed by atoms with E-state index in [-0.39, 0.29) is 6.61 Å². The number of piperidine rings is 1. The van der Waals surface area contributed by atoms with Gasteiger partial charge in [0.05, 0.1) is 6.61 Å². The number of ether oxygens (including phenoxy) is 2. The molecule has 0 aliphatic carbocycles. The molecule has 1 atom stereocenters. The van der Waals surface area contributed by atoms with Crippen LogP contribution in [0.3, 0.4) is 0 Å². The number of β-amino-alcohol motifs (C(OH)–C–C–N with tert-alkyl or cyclic N) is 1. The zero-order chi connectivity index (χ0) is 22.0. The van der Waals surface area contributed by atoms with Gasteiger partial charge in [-0.25, -0.2) is 0 Å². The Morgan fingerprint density at radius 1 is 1.00 bits per heavy atom. The highest BCUT2D eigenvalue weighted by molar-refractivity contribution is 6.00. The summed E-state index contributed by atoms with van der Waals surface area (Å²) in [5, 5.41) is 12.8. The number of rotatable bonds is 6. The van der Waals surface area contributed by atoms with Crippen LogP contribution in [0.4, 0.5) is 5.69 Å². The Balaban J connectivity index is 1.24. The van der Waals surface area contributed by atoms with Crippen molar-refractivity contribution in [2.24, 2.45) is 5.41 Å². The lowest BCUT2D eigenvalue weighted by atomic mass is 9.78. The number of fused-ring (bicyclic) bond motifs is 1. The van der Waals surface area contributed by atoms with Crippen LogP contribution in [0, 0.1) is 5.41 Å². The number of aliphatic hydroxyl groups is 1. The first-order chi connectivity index (χ1) is 15.6. The van der Waals surface area contributed by atoms with Gasteiger partial charge in [0.15, 0.2) is 0 Å². The largest absolute Gasteiger partial charge is 0.490 e. The second-order valence-electron chi connectivity index (χ2n) is 9.35. The topological polar surface area (TPSA) is 68.0 Å². The van der Waals surface area contributed by atoms with Gasteiger partial charge in [0.25, 0.3) is 0 Å². The first kappa shape index (κ1) is 21.3. The van der Waals surface area contributed by atoms with Crippen LogP contribution in [-0.4, -0.2) is 55.6 Å². The lowest BCUT2D eigenvalue weighted by Gasteiger charge is -2.38. The average molecular weight is 433 g/mol. The monoisotopic (exact) mass is 432 g/mol. The normalized spacial score (nSPS) is 19.4. The van der Waals surface area contributed by atoms with Crippen LogP contribution in [0.5, 0.6) is 5.75 Å². The summed E-state index contributed by atoms with van der Waals surface area (Å²) in [5.41, 5.74) is 9.35. The molecule has 2 saturated heterocycles. The molecule has 2 aliphatic heterocycles. The van der Waals surface area contributed by atoms with E-state index in [1.54, 1.807) is 0 Å².